The van der Waals surface area contributed by atoms with Gasteiger partial charge in [0.05, 0.1) is 0 Å². The average Bonchev–Trinajstić information content (AvgIpc) is 3.14. The van der Waals surface area contributed by atoms with Crippen LogP contribution in [0.2, 0.25) is 0 Å². The van der Waals surface area contributed by atoms with Crippen molar-refractivity contribution in [2.24, 2.45) is 5.73 Å². The van der Waals surface area contributed by atoms with Crippen molar-refractivity contribution in [3.63, 3.8) is 0 Å². The summed E-state index contributed by atoms with van der Waals surface area (Å²) in [6.45, 7) is 7.26. The number of nitrogens with two attached hydrogens (primary N) is 1. The first kappa shape index (κ1) is 21.6. The molecule has 0 radical (unpaired) electrons. The first-order valence-electron chi connectivity index (χ1n) is 10.8. The minimum Gasteiger partial charge on any atom is -0.365 e. The summed E-state index contributed by atoms with van der Waals surface area (Å²) in [4.78, 5) is 17.7. The summed E-state index contributed by atoms with van der Waals surface area (Å²) in [5.41, 5.74) is 10.8. The van der Waals surface area contributed by atoms with Crippen LogP contribution in [0.25, 0.3) is 16.9 Å². The largest absolute Gasteiger partial charge is 0.365 e. The summed E-state index contributed by atoms with van der Waals surface area (Å²) in [5, 5.41) is 6.56. The van der Waals surface area contributed by atoms with E-state index in [-0.39, 0.29) is 11.4 Å². The monoisotopic (exact) mass is 427 g/mol. The third-order valence-corrected chi connectivity index (χ3v) is 5.11. The molecule has 6 nitrogen and oxygen atoms in total. The van der Waals surface area contributed by atoms with Gasteiger partial charge in [-0.25, -0.2) is 4.98 Å². The van der Waals surface area contributed by atoms with Crippen molar-refractivity contribution in [2.75, 3.05) is 5.32 Å². The van der Waals surface area contributed by atoms with E-state index >= 15 is 0 Å². The topological polar surface area (TPSA) is 84.5 Å². The summed E-state index contributed by atoms with van der Waals surface area (Å²) in [6, 6.07) is 21.6. The molecule has 2 heterocycles. The van der Waals surface area contributed by atoms with Crippen molar-refractivity contribution in [3.8, 4) is 11.3 Å². The molecule has 1 amide bonds. The molecule has 164 valence electrons. The second-order valence-electron chi connectivity index (χ2n) is 8.90. The molecule has 0 saturated heterocycles. The minimum atomic E-state index is -0.145. The second kappa shape index (κ2) is 8.85. The van der Waals surface area contributed by atoms with E-state index in [1.165, 1.54) is 0 Å². The molecule has 2 aromatic heterocycles. The molecular formula is C26H29N5O. The number of rotatable bonds is 6. The molecule has 4 aromatic rings. The standard InChI is InChI=1S/C26H29N5O/c1-26(2,3)30-24-23(20-10-5-4-6-11-20)29-22-15-21(12-13-31(22)24)25(32)28-17-19-9-7-8-18(14-19)16-27/h4-15,30H,16-17,27H2,1-3H3,(H,28,32). The van der Waals surface area contributed by atoms with Gasteiger partial charge in [-0.3, -0.25) is 9.20 Å². The molecule has 0 aliphatic rings. The van der Waals surface area contributed by atoms with Gasteiger partial charge in [0, 0.05) is 36.0 Å². The van der Waals surface area contributed by atoms with Crippen LogP contribution in [-0.2, 0) is 13.1 Å². The third-order valence-electron chi connectivity index (χ3n) is 5.11. The summed E-state index contributed by atoms with van der Waals surface area (Å²) in [6.07, 6.45) is 1.90. The molecule has 0 bridgehead atoms. The molecule has 0 spiro atoms. The van der Waals surface area contributed by atoms with Crippen LogP contribution in [0.5, 0.6) is 0 Å². The van der Waals surface area contributed by atoms with Crippen molar-refractivity contribution in [1.29, 1.82) is 0 Å². The Morgan fingerprint density at radius 2 is 1.75 bits per heavy atom. The molecule has 0 aliphatic carbocycles. The van der Waals surface area contributed by atoms with Crippen LogP contribution in [0.3, 0.4) is 0 Å². The minimum absolute atomic E-state index is 0.139. The van der Waals surface area contributed by atoms with Crippen molar-refractivity contribution >= 4 is 17.4 Å². The fourth-order valence-corrected chi connectivity index (χ4v) is 3.61. The predicted octanol–water partition coefficient (Wildman–Crippen LogP) is 4.60. The van der Waals surface area contributed by atoms with E-state index < -0.39 is 0 Å². The predicted molar refractivity (Wildman–Crippen MR) is 130 cm³/mol. The number of imidazole rings is 1. The summed E-state index contributed by atoms with van der Waals surface area (Å²) < 4.78 is 2.00. The van der Waals surface area contributed by atoms with Gasteiger partial charge in [-0.15, -0.1) is 0 Å². The Morgan fingerprint density at radius 3 is 2.47 bits per heavy atom. The molecule has 6 heteroatoms. The lowest BCUT2D eigenvalue weighted by molar-refractivity contribution is 0.0951. The Kier molecular flexibility index (Phi) is 5.97. The van der Waals surface area contributed by atoms with E-state index in [0.29, 0.717) is 24.3 Å². The van der Waals surface area contributed by atoms with Gasteiger partial charge in [0.2, 0.25) is 0 Å². The molecule has 0 fully saturated rings. The molecular weight excluding hydrogens is 398 g/mol. The van der Waals surface area contributed by atoms with Gasteiger partial charge in [-0.1, -0.05) is 54.6 Å². The highest BCUT2D eigenvalue weighted by Crippen LogP contribution is 2.31. The van der Waals surface area contributed by atoms with E-state index in [2.05, 4.69) is 31.4 Å². The summed E-state index contributed by atoms with van der Waals surface area (Å²) in [7, 11) is 0. The number of carbonyl (C=O) groups excluding carboxylic acids is 1. The van der Waals surface area contributed by atoms with Crippen molar-refractivity contribution in [2.45, 2.75) is 39.4 Å². The van der Waals surface area contributed by atoms with E-state index in [1.54, 1.807) is 0 Å². The van der Waals surface area contributed by atoms with Gasteiger partial charge in [-0.2, -0.15) is 0 Å². The lowest BCUT2D eigenvalue weighted by Crippen LogP contribution is -2.27. The van der Waals surface area contributed by atoms with Crippen LogP contribution in [0, 0.1) is 0 Å². The number of hydrogen-bond donors (Lipinski definition) is 3. The molecule has 0 atom stereocenters. The van der Waals surface area contributed by atoms with Crippen LogP contribution in [-0.4, -0.2) is 20.8 Å². The molecule has 4 rings (SSSR count). The van der Waals surface area contributed by atoms with Gasteiger partial charge in [0.15, 0.2) is 0 Å². The second-order valence-corrected chi connectivity index (χ2v) is 8.90. The quantitative estimate of drug-likeness (QED) is 0.420. The number of pyridine rings is 1. The number of amides is 1. The number of nitrogens with one attached hydrogen (secondary N) is 2. The van der Waals surface area contributed by atoms with Gasteiger partial charge < -0.3 is 16.4 Å². The van der Waals surface area contributed by atoms with Crippen LogP contribution in [0.1, 0.15) is 42.3 Å². The highest BCUT2D eigenvalue weighted by Gasteiger charge is 2.20. The molecule has 4 N–H and O–H groups in total. The van der Waals surface area contributed by atoms with E-state index in [4.69, 9.17) is 10.7 Å². The molecule has 32 heavy (non-hydrogen) atoms. The lowest BCUT2D eigenvalue weighted by atomic mass is 10.1. The maximum Gasteiger partial charge on any atom is 0.251 e. The highest BCUT2D eigenvalue weighted by molar-refractivity contribution is 5.95. The zero-order valence-corrected chi connectivity index (χ0v) is 18.7. The first-order valence-corrected chi connectivity index (χ1v) is 10.8. The summed E-state index contributed by atoms with van der Waals surface area (Å²) >= 11 is 0. The number of fused-ring (bicyclic) bond motifs is 1. The zero-order chi connectivity index (χ0) is 22.7. The van der Waals surface area contributed by atoms with E-state index in [9.17, 15) is 4.79 Å². The fraction of sp³-hybridized carbons (Fsp3) is 0.231. The Hall–Kier alpha value is -3.64. The van der Waals surface area contributed by atoms with Crippen molar-refractivity contribution in [3.05, 3.63) is 89.6 Å². The van der Waals surface area contributed by atoms with Crippen LogP contribution >= 0.6 is 0 Å². The Morgan fingerprint density at radius 1 is 1.00 bits per heavy atom. The number of benzene rings is 2. The first-order chi connectivity index (χ1) is 15.3. The van der Waals surface area contributed by atoms with Gasteiger partial charge in [-0.05, 0) is 44.0 Å². The molecule has 0 unspecified atom stereocenters. The molecule has 0 aliphatic heterocycles. The zero-order valence-electron chi connectivity index (χ0n) is 18.7. The molecule has 0 saturated carbocycles. The lowest BCUT2D eigenvalue weighted by Gasteiger charge is -2.22. The normalized spacial score (nSPS) is 11.5. The number of anilines is 1. The highest BCUT2D eigenvalue weighted by atomic mass is 16.1. The number of aromatic nitrogens is 2. The van der Waals surface area contributed by atoms with Crippen molar-refractivity contribution in [1.82, 2.24) is 14.7 Å². The van der Waals surface area contributed by atoms with E-state index in [1.807, 2.05) is 77.3 Å². The van der Waals surface area contributed by atoms with E-state index in [0.717, 1.165) is 28.2 Å². The van der Waals surface area contributed by atoms with Gasteiger partial charge in [0.25, 0.3) is 5.91 Å². The Balaban J connectivity index is 1.64. The number of hydrogen-bond acceptors (Lipinski definition) is 4. The average molecular weight is 428 g/mol. The maximum atomic E-state index is 12.8. The third kappa shape index (κ3) is 4.81. The molecule has 2 aromatic carbocycles. The van der Waals surface area contributed by atoms with Crippen LogP contribution in [0.15, 0.2) is 72.9 Å². The Bertz CT molecular complexity index is 1240. The van der Waals surface area contributed by atoms with Crippen LogP contribution < -0.4 is 16.4 Å². The van der Waals surface area contributed by atoms with Gasteiger partial charge in [0.1, 0.15) is 17.2 Å². The van der Waals surface area contributed by atoms with Crippen LogP contribution in [0.4, 0.5) is 5.82 Å². The SMILES string of the molecule is CC(C)(C)Nc1c(-c2ccccc2)nc2cc(C(=O)NCc3cccc(CN)c3)ccn12. The smallest absolute Gasteiger partial charge is 0.251 e. The van der Waals surface area contributed by atoms with Crippen molar-refractivity contribution < 1.29 is 4.79 Å². The van der Waals surface area contributed by atoms with Gasteiger partial charge >= 0.3 is 0 Å². The fourth-order valence-electron chi connectivity index (χ4n) is 3.61. The maximum absolute atomic E-state index is 12.8. The Labute approximate surface area is 188 Å². The number of carbonyl (C=O) groups is 1. The number of nitrogens with zero attached hydrogens (tertiary/aromatic N) is 2. The summed E-state index contributed by atoms with van der Waals surface area (Å²) in [5.74, 6) is 0.768.